The van der Waals surface area contributed by atoms with E-state index < -0.39 is 139 Å². The van der Waals surface area contributed by atoms with Gasteiger partial charge in [0.05, 0.1) is 39.3 Å². The number of phosphoric acid groups is 2. The van der Waals surface area contributed by atoms with Crippen LogP contribution in [0.3, 0.4) is 0 Å². The first-order valence-electron chi connectivity index (χ1n) is 37.8. The van der Waals surface area contributed by atoms with Crippen molar-refractivity contribution < 1.29 is 106 Å². The fourth-order valence-corrected chi connectivity index (χ4v) is 13.8. The van der Waals surface area contributed by atoms with Crippen LogP contribution in [0.5, 0.6) is 0 Å². The van der Waals surface area contributed by atoms with Gasteiger partial charge in [0.25, 0.3) is 0 Å². The Bertz CT molecular complexity index is 1920. The Labute approximate surface area is 576 Å². The fraction of sp³-hybridized carbons (Fsp3) is 0.943. The Kier molecular flexibility index (Phi) is 52.7. The molecular weight excluding hydrogens is 1280 g/mol. The number of carbonyl (C=O) groups excluding carboxylic acids is 4. The van der Waals surface area contributed by atoms with Gasteiger partial charge in [-0.3, -0.25) is 28.2 Å². The molecule has 96 heavy (non-hydrogen) atoms. The van der Waals surface area contributed by atoms with E-state index in [9.17, 15) is 68.3 Å². The van der Waals surface area contributed by atoms with Gasteiger partial charge in [0.2, 0.25) is 11.8 Å². The first-order valence-corrected chi connectivity index (χ1v) is 40.8. The van der Waals surface area contributed by atoms with E-state index in [-0.39, 0.29) is 25.7 Å². The monoisotopic (exact) mass is 1420 g/mol. The van der Waals surface area contributed by atoms with Gasteiger partial charge >= 0.3 is 27.6 Å². The summed E-state index contributed by atoms with van der Waals surface area (Å²) in [5, 5.41) is 49.4. The molecule has 12 atom stereocenters. The van der Waals surface area contributed by atoms with Crippen molar-refractivity contribution in [1.29, 1.82) is 0 Å². The number of aliphatic hydroxyl groups excluding tert-OH is 4. The molecule has 2 saturated heterocycles. The molecule has 24 nitrogen and oxygen atoms in total. The summed E-state index contributed by atoms with van der Waals surface area (Å²) in [4.78, 5) is 94.3. The van der Waals surface area contributed by atoms with Crippen LogP contribution in [0, 0.1) is 0 Å². The normalized spacial score (nSPS) is 22.2. The summed E-state index contributed by atoms with van der Waals surface area (Å²) in [5.74, 6) is -2.39. The van der Waals surface area contributed by atoms with Crippen molar-refractivity contribution in [2.24, 2.45) is 0 Å². The fourth-order valence-electron chi connectivity index (χ4n) is 12.7. The van der Waals surface area contributed by atoms with Gasteiger partial charge in [0, 0.05) is 12.8 Å². The quantitative estimate of drug-likeness (QED) is 0.0154. The summed E-state index contributed by atoms with van der Waals surface area (Å²) in [6.45, 7) is 5.84. The Hall–Kier alpha value is -2.22. The first kappa shape index (κ1) is 89.9. The van der Waals surface area contributed by atoms with Gasteiger partial charge in [-0.15, -0.1) is 0 Å². The maximum atomic E-state index is 14.1. The molecule has 10 N–H and O–H groups in total. The molecule has 0 aromatic heterocycles. The minimum absolute atomic E-state index is 0.168. The van der Waals surface area contributed by atoms with Crippen LogP contribution in [-0.2, 0) is 65.8 Å². The minimum atomic E-state index is -5.36. The number of nitrogens with one attached hydrogen (secondary N) is 2. The number of amides is 2. The van der Waals surface area contributed by atoms with Gasteiger partial charge in [-0.2, -0.15) is 0 Å². The van der Waals surface area contributed by atoms with E-state index in [0.717, 1.165) is 128 Å². The number of esters is 2. The molecule has 566 valence electrons. The van der Waals surface area contributed by atoms with Crippen LogP contribution in [-0.4, -0.2) is 164 Å². The lowest BCUT2D eigenvalue weighted by Gasteiger charge is -2.44. The second kappa shape index (κ2) is 56.3. The van der Waals surface area contributed by atoms with E-state index in [1.807, 2.05) is 0 Å². The predicted molar refractivity (Wildman–Crippen MR) is 368 cm³/mol. The van der Waals surface area contributed by atoms with E-state index in [0.29, 0.717) is 38.5 Å². The Morgan fingerprint density at radius 2 is 0.646 bits per heavy atom. The van der Waals surface area contributed by atoms with E-state index >= 15 is 0 Å². The zero-order chi connectivity index (χ0) is 70.7. The van der Waals surface area contributed by atoms with Crippen LogP contribution < -0.4 is 10.6 Å². The summed E-state index contributed by atoms with van der Waals surface area (Å²) in [6, 6.07) is -3.28. The summed E-state index contributed by atoms with van der Waals surface area (Å²) >= 11 is 0. The van der Waals surface area contributed by atoms with E-state index in [2.05, 4.69) is 38.3 Å². The molecule has 0 aromatic rings. The van der Waals surface area contributed by atoms with Crippen molar-refractivity contribution in [3.8, 4) is 0 Å². The molecule has 0 bridgehead atoms. The van der Waals surface area contributed by atoms with Gasteiger partial charge in [-0.05, 0) is 38.5 Å². The van der Waals surface area contributed by atoms with E-state index in [4.69, 9.17) is 37.5 Å². The molecule has 2 fully saturated rings. The molecule has 2 aliphatic rings. The zero-order valence-corrected chi connectivity index (χ0v) is 61.3. The summed E-state index contributed by atoms with van der Waals surface area (Å²) in [6.07, 6.45) is 27.2. The second-order valence-corrected chi connectivity index (χ2v) is 29.3. The van der Waals surface area contributed by atoms with Crippen LogP contribution in [0.15, 0.2) is 0 Å². The molecule has 2 amide bonds. The Balaban J connectivity index is 2.30. The van der Waals surface area contributed by atoms with Crippen LogP contribution in [0.4, 0.5) is 0 Å². The minimum Gasteiger partial charge on any atom is -0.462 e. The highest BCUT2D eigenvalue weighted by molar-refractivity contribution is 7.46. The lowest BCUT2D eigenvalue weighted by molar-refractivity contribution is -0.286. The maximum absolute atomic E-state index is 14.1. The van der Waals surface area contributed by atoms with Crippen molar-refractivity contribution in [3.63, 3.8) is 0 Å². The van der Waals surface area contributed by atoms with Gasteiger partial charge in [0.15, 0.2) is 12.6 Å². The Morgan fingerprint density at radius 1 is 0.396 bits per heavy atom. The second-order valence-electron chi connectivity index (χ2n) is 26.9. The molecular formula is C70H134N2O22P2. The molecule has 0 aromatic carbocycles. The maximum Gasteiger partial charge on any atom is 0.470 e. The third-order valence-corrected chi connectivity index (χ3v) is 19.2. The Morgan fingerprint density at radius 3 is 0.896 bits per heavy atom. The number of hydrogen-bond acceptors (Lipinski definition) is 18. The average molecular weight is 1420 g/mol. The molecule has 0 spiro atoms. The lowest BCUT2D eigenvalue weighted by Crippen LogP contribution is -2.66. The van der Waals surface area contributed by atoms with Crippen molar-refractivity contribution in [2.75, 3.05) is 26.4 Å². The molecule has 2 rings (SSSR count). The number of rotatable bonds is 63. The highest BCUT2D eigenvalue weighted by Gasteiger charge is 2.51. The van der Waals surface area contributed by atoms with Crippen LogP contribution in [0.2, 0.25) is 0 Å². The number of unbranched alkanes of at least 4 members (excludes halogenated alkanes) is 36. The van der Waals surface area contributed by atoms with Crippen molar-refractivity contribution in [2.45, 2.75) is 397 Å². The zero-order valence-electron chi connectivity index (χ0n) is 59.5. The summed E-state index contributed by atoms with van der Waals surface area (Å²) in [7, 11) is -10.7. The van der Waals surface area contributed by atoms with Gasteiger partial charge in [-0.25, -0.2) is 9.13 Å². The van der Waals surface area contributed by atoms with Crippen LogP contribution >= 0.6 is 15.6 Å². The molecule has 26 heteroatoms. The highest BCUT2D eigenvalue weighted by Crippen LogP contribution is 2.43. The lowest BCUT2D eigenvalue weighted by atomic mass is 9.96. The number of aliphatic hydroxyl groups is 4. The molecule has 0 radical (unpaired) electrons. The summed E-state index contributed by atoms with van der Waals surface area (Å²) in [5.41, 5.74) is 0. The molecule has 0 aliphatic carbocycles. The van der Waals surface area contributed by atoms with Gasteiger partial charge < -0.3 is 79.1 Å². The molecule has 0 saturated carbocycles. The largest absolute Gasteiger partial charge is 0.470 e. The molecule has 2 heterocycles. The molecule has 0 unspecified atom stereocenters. The van der Waals surface area contributed by atoms with Gasteiger partial charge in [-0.1, -0.05) is 259 Å². The van der Waals surface area contributed by atoms with E-state index in [1.165, 1.54) is 103 Å². The van der Waals surface area contributed by atoms with E-state index in [1.54, 1.807) is 0 Å². The number of ether oxygens (including phenoxy) is 6. The summed E-state index contributed by atoms with van der Waals surface area (Å²) < 4.78 is 69.9. The predicted octanol–water partition coefficient (Wildman–Crippen LogP) is 12.9. The third-order valence-electron chi connectivity index (χ3n) is 18.2. The smallest absolute Gasteiger partial charge is 0.462 e. The highest BCUT2D eigenvalue weighted by atomic mass is 31.2. The topological polar surface area (TPSA) is 362 Å². The van der Waals surface area contributed by atoms with Crippen molar-refractivity contribution >= 4 is 39.4 Å². The van der Waals surface area contributed by atoms with Crippen molar-refractivity contribution in [3.05, 3.63) is 0 Å². The average Bonchev–Trinajstić information content (AvgIpc) is 0.826. The van der Waals surface area contributed by atoms with Crippen molar-refractivity contribution in [1.82, 2.24) is 10.6 Å². The third kappa shape index (κ3) is 44.2. The standard InChI is InChI=1S/C70H134N2O22P2/c1-5-9-13-17-21-25-27-31-35-39-43-47-61(77)89-55(45-41-37-33-29-23-19-15-11-7-3)51-59(75)71-63-65(79)67(93-95(81,82)83)57(53-73)91-69(63)87-49-50-88-70-64(66(80)68(58(54-74)92-70)94-96(84,85)86)72-60(76)52-56(46-42-38-34-30-24-20-16-12-8-4)90-62(78)48-44-40-36-32-28-26-22-18-14-10-6-2/h55-58,63-70,73-74,79-80H,5-54H2,1-4H3,(H,71,75)(H,72,76)(H2,81,82,83)(H2,84,85,86)/t55-,56-,57-,58-,63-,64-,65-,66-,67-,68-,69-,70-/m1/s1. The van der Waals surface area contributed by atoms with Crippen LogP contribution in [0.25, 0.3) is 0 Å². The van der Waals surface area contributed by atoms with Gasteiger partial charge in [0.1, 0.15) is 60.9 Å². The molecule has 2 aliphatic heterocycles. The SMILES string of the molecule is CCCCCCCCCCCCCC(=O)O[C@H](CCCCCCCCCCC)CC(=O)N[C@H]1[C@H](OCCO[C@@H]2O[C@H](CO)[C@@H](OP(=O)(O)O)[C@H](O)[C@H]2NC(=O)C[C@@H](CCCCCCCCCCC)OC(=O)CCCCCCCCCCCCC)O[C@H](CO)[C@@H](OP(=O)(O)O)[C@@H]1O. The first-order chi connectivity index (χ1) is 46.2. The number of carbonyl (C=O) groups is 4. The van der Waals surface area contributed by atoms with Crippen LogP contribution in [0.1, 0.15) is 323 Å². The number of phosphoric ester groups is 2. The number of hydrogen-bond donors (Lipinski definition) is 10.